The Morgan fingerprint density at radius 2 is 1.85 bits per heavy atom. The van der Waals surface area contributed by atoms with Crippen LogP contribution in [0.15, 0.2) is 40.0 Å². The van der Waals surface area contributed by atoms with Crippen molar-refractivity contribution in [2.45, 2.75) is 6.92 Å². The fraction of sp³-hybridized carbons (Fsp3) is 0.214. The summed E-state index contributed by atoms with van der Waals surface area (Å²) in [5, 5.41) is 0.199. The van der Waals surface area contributed by atoms with Gasteiger partial charge < -0.3 is 4.42 Å². The number of hydrogen-bond acceptors (Lipinski definition) is 4. The maximum atomic E-state index is 12.1. The van der Waals surface area contributed by atoms with Gasteiger partial charge in [0.1, 0.15) is 11.3 Å². The largest absolute Gasteiger partial charge is 0.465 e. The molecule has 20 heavy (non-hydrogen) atoms. The molecule has 0 atom stereocenters. The zero-order valence-corrected chi connectivity index (χ0v) is 12.2. The monoisotopic (exact) mass is 290 g/mol. The van der Waals surface area contributed by atoms with Crippen molar-refractivity contribution in [3.63, 3.8) is 0 Å². The molecule has 1 aliphatic rings. The van der Waals surface area contributed by atoms with Crippen LogP contribution < -0.4 is 0 Å². The van der Waals surface area contributed by atoms with E-state index in [1.807, 2.05) is 0 Å². The van der Waals surface area contributed by atoms with E-state index in [0.29, 0.717) is 5.76 Å². The van der Waals surface area contributed by atoms with Crippen LogP contribution in [0.25, 0.3) is 6.08 Å². The summed E-state index contributed by atoms with van der Waals surface area (Å²) in [4.78, 5) is 26.8. The summed E-state index contributed by atoms with van der Waals surface area (Å²) in [6.45, 7) is 1.79. The third kappa shape index (κ3) is 2.55. The van der Waals surface area contributed by atoms with E-state index in [-0.39, 0.29) is 10.7 Å². The predicted octanol–water partition coefficient (Wildman–Crippen LogP) is 1.82. The van der Waals surface area contributed by atoms with Gasteiger partial charge in [0.15, 0.2) is 5.11 Å². The smallest absolute Gasteiger partial charge is 0.265 e. The minimum Gasteiger partial charge on any atom is -0.465 e. The van der Waals surface area contributed by atoms with Gasteiger partial charge in [-0.05, 0) is 49.0 Å². The molecule has 0 saturated carbocycles. The Kier molecular flexibility index (Phi) is 3.85. The third-order valence-electron chi connectivity index (χ3n) is 2.93. The molecule has 1 fully saturated rings. The molecule has 1 aromatic rings. The van der Waals surface area contributed by atoms with Crippen molar-refractivity contribution >= 4 is 35.2 Å². The van der Waals surface area contributed by atoms with Crippen LogP contribution in [0.1, 0.15) is 12.7 Å². The number of amides is 2. The summed E-state index contributed by atoms with van der Waals surface area (Å²) in [5.74, 6) is -0.136. The van der Waals surface area contributed by atoms with Crippen molar-refractivity contribution in [3.8, 4) is 0 Å². The molecule has 0 aliphatic carbocycles. The van der Waals surface area contributed by atoms with Crippen molar-refractivity contribution in [1.29, 1.82) is 0 Å². The molecule has 0 bridgehead atoms. The van der Waals surface area contributed by atoms with E-state index in [9.17, 15) is 9.59 Å². The molecule has 0 spiro atoms. The Labute approximate surface area is 122 Å². The van der Waals surface area contributed by atoms with Gasteiger partial charge in [-0.15, -0.1) is 0 Å². The Bertz CT molecular complexity index is 603. The van der Waals surface area contributed by atoms with Crippen molar-refractivity contribution in [1.82, 2.24) is 9.80 Å². The Hall–Kier alpha value is -2.21. The maximum absolute atomic E-state index is 12.1. The normalized spacial score (nSPS) is 17.1. The van der Waals surface area contributed by atoms with Crippen molar-refractivity contribution in [3.05, 3.63) is 41.4 Å². The summed E-state index contributed by atoms with van der Waals surface area (Å²) in [5.41, 5.74) is 0.829. The third-order valence-corrected chi connectivity index (χ3v) is 3.48. The lowest BCUT2D eigenvalue weighted by Crippen LogP contribution is -2.52. The standard InChI is InChI=1S/C14H14N2O3S/c1-9(7-10-5-4-6-19-10)8-11-12(17)15(2)14(20)16(3)13(11)18/h4-8H,1-3H3/b9-7+. The summed E-state index contributed by atoms with van der Waals surface area (Å²) in [6, 6.07) is 3.56. The van der Waals surface area contributed by atoms with E-state index in [4.69, 9.17) is 16.6 Å². The molecule has 0 aromatic carbocycles. The Morgan fingerprint density at radius 1 is 1.25 bits per heavy atom. The van der Waals surface area contributed by atoms with Gasteiger partial charge in [-0.3, -0.25) is 19.4 Å². The van der Waals surface area contributed by atoms with Gasteiger partial charge in [-0.25, -0.2) is 0 Å². The average Bonchev–Trinajstić information content (AvgIpc) is 2.92. The number of hydrogen-bond donors (Lipinski definition) is 0. The van der Waals surface area contributed by atoms with E-state index in [2.05, 4.69) is 0 Å². The summed E-state index contributed by atoms with van der Waals surface area (Å²) >= 11 is 5.02. The van der Waals surface area contributed by atoms with Gasteiger partial charge in [0.25, 0.3) is 11.8 Å². The zero-order chi connectivity index (χ0) is 14.9. The highest BCUT2D eigenvalue weighted by Gasteiger charge is 2.35. The minimum atomic E-state index is -0.398. The van der Waals surface area contributed by atoms with Crippen molar-refractivity contribution in [2.24, 2.45) is 0 Å². The first-order valence-electron chi connectivity index (χ1n) is 5.95. The molecule has 0 unspecified atom stereocenters. The molecular weight excluding hydrogens is 276 g/mol. The Morgan fingerprint density at radius 3 is 2.35 bits per heavy atom. The lowest BCUT2D eigenvalue weighted by Gasteiger charge is -2.31. The van der Waals surface area contributed by atoms with Crippen LogP contribution in [0.2, 0.25) is 0 Å². The van der Waals surface area contributed by atoms with Gasteiger partial charge in [0.2, 0.25) is 0 Å². The molecule has 104 valence electrons. The zero-order valence-electron chi connectivity index (χ0n) is 11.4. The van der Waals surface area contributed by atoms with Gasteiger partial charge in [0, 0.05) is 14.1 Å². The number of carbonyl (C=O) groups is 2. The second-order valence-electron chi connectivity index (χ2n) is 4.47. The maximum Gasteiger partial charge on any atom is 0.265 e. The number of thiocarbonyl (C=S) groups is 1. The highest BCUT2D eigenvalue weighted by atomic mass is 32.1. The van der Waals surface area contributed by atoms with Crippen LogP contribution in [0, 0.1) is 0 Å². The average molecular weight is 290 g/mol. The van der Waals surface area contributed by atoms with E-state index in [0.717, 1.165) is 5.57 Å². The molecule has 0 radical (unpaired) electrons. The van der Waals surface area contributed by atoms with E-state index >= 15 is 0 Å². The number of likely N-dealkylation sites (N-methyl/N-ethyl adjacent to an activating group) is 2. The summed E-state index contributed by atoms with van der Waals surface area (Å²) in [6.07, 6.45) is 4.85. The number of allylic oxidation sites excluding steroid dienone is 2. The first-order valence-corrected chi connectivity index (χ1v) is 6.36. The van der Waals surface area contributed by atoms with Gasteiger partial charge in [-0.2, -0.15) is 0 Å². The second kappa shape index (κ2) is 5.42. The second-order valence-corrected chi connectivity index (χ2v) is 4.84. The first-order chi connectivity index (χ1) is 9.41. The van der Waals surface area contributed by atoms with Crippen LogP contribution in [0.3, 0.4) is 0 Å². The molecule has 5 nitrogen and oxygen atoms in total. The van der Waals surface area contributed by atoms with Gasteiger partial charge in [-0.1, -0.05) is 0 Å². The highest BCUT2D eigenvalue weighted by Crippen LogP contribution is 2.17. The van der Waals surface area contributed by atoms with Crippen LogP contribution in [0.4, 0.5) is 0 Å². The molecule has 2 amide bonds. The first kappa shape index (κ1) is 14.2. The molecule has 1 saturated heterocycles. The topological polar surface area (TPSA) is 53.8 Å². The SMILES string of the molecule is C/C(C=C1C(=O)N(C)C(=S)N(C)C1=O)=C\c1ccco1. The van der Waals surface area contributed by atoms with Crippen molar-refractivity contribution in [2.75, 3.05) is 14.1 Å². The molecule has 6 heteroatoms. The lowest BCUT2D eigenvalue weighted by molar-refractivity contribution is -0.132. The molecule has 0 N–H and O–H groups in total. The number of carbonyl (C=O) groups excluding carboxylic acids is 2. The van der Waals surface area contributed by atoms with Gasteiger partial charge in [0.05, 0.1) is 6.26 Å². The number of furan rings is 1. The lowest BCUT2D eigenvalue weighted by atomic mass is 10.1. The Balaban J connectivity index is 2.35. The molecular formula is C14H14N2O3S. The van der Waals surface area contributed by atoms with Crippen LogP contribution in [-0.2, 0) is 9.59 Å². The van der Waals surface area contributed by atoms with Crippen LogP contribution in [0.5, 0.6) is 0 Å². The molecule has 1 aliphatic heterocycles. The molecule has 2 heterocycles. The predicted molar refractivity (Wildman–Crippen MR) is 78.6 cm³/mol. The van der Waals surface area contributed by atoms with E-state index < -0.39 is 11.8 Å². The number of rotatable bonds is 2. The molecule has 2 rings (SSSR count). The highest BCUT2D eigenvalue weighted by molar-refractivity contribution is 7.80. The number of nitrogens with zero attached hydrogens (tertiary/aromatic N) is 2. The summed E-state index contributed by atoms with van der Waals surface area (Å²) < 4.78 is 5.19. The minimum absolute atomic E-state index is 0.0870. The van der Waals surface area contributed by atoms with Crippen LogP contribution in [-0.4, -0.2) is 40.8 Å². The van der Waals surface area contributed by atoms with Crippen LogP contribution >= 0.6 is 12.2 Å². The fourth-order valence-corrected chi connectivity index (χ4v) is 2.01. The van der Waals surface area contributed by atoms with E-state index in [1.54, 1.807) is 51.6 Å². The van der Waals surface area contributed by atoms with E-state index in [1.165, 1.54) is 9.80 Å². The molecule has 1 aromatic heterocycles. The van der Waals surface area contributed by atoms with Crippen molar-refractivity contribution < 1.29 is 14.0 Å². The van der Waals surface area contributed by atoms with Gasteiger partial charge >= 0.3 is 0 Å². The quantitative estimate of drug-likeness (QED) is 0.474. The fourth-order valence-electron chi connectivity index (χ4n) is 1.84. The summed E-state index contributed by atoms with van der Waals surface area (Å²) in [7, 11) is 3.10.